The number of nitrogens with zero attached hydrogens (tertiary/aromatic N) is 2. The fourth-order valence-corrected chi connectivity index (χ4v) is 4.08. The summed E-state index contributed by atoms with van der Waals surface area (Å²) in [7, 11) is 0. The zero-order valence-corrected chi connectivity index (χ0v) is 19.6. The topological polar surface area (TPSA) is 90.1 Å². The molecule has 6 nitrogen and oxygen atoms in total. The van der Waals surface area contributed by atoms with Crippen LogP contribution in [0.25, 0.3) is 11.3 Å². The summed E-state index contributed by atoms with van der Waals surface area (Å²) in [6.07, 6.45) is 3.32. The molecule has 1 aromatic heterocycles. The Bertz CT molecular complexity index is 1440. The number of carbonyl (C=O) groups is 1. The normalized spacial score (nSPS) is 12.9. The molecule has 0 unspecified atom stereocenters. The molecule has 8 heteroatoms. The van der Waals surface area contributed by atoms with E-state index in [1.54, 1.807) is 13.0 Å². The molecular weight excluding hydrogens is 462 g/mol. The smallest absolute Gasteiger partial charge is 0.258 e. The van der Waals surface area contributed by atoms with Crippen molar-refractivity contribution in [3.63, 3.8) is 0 Å². The Morgan fingerprint density at radius 1 is 1.08 bits per heavy atom. The summed E-state index contributed by atoms with van der Waals surface area (Å²) in [6, 6.07) is 16.6. The number of nitrogen functional groups attached to an aromatic ring is 1. The molecule has 1 saturated carbocycles. The molecule has 0 saturated heterocycles. The number of anilines is 2. The third-order valence-corrected chi connectivity index (χ3v) is 6.22. The predicted octanol–water partition coefficient (Wildman–Crippen LogP) is 6.02. The highest BCUT2D eigenvalue weighted by Crippen LogP contribution is 2.40. The number of carbonyl (C=O) groups excluding carboxylic acids is 1. The van der Waals surface area contributed by atoms with Crippen LogP contribution in [0.2, 0.25) is 0 Å². The van der Waals surface area contributed by atoms with Gasteiger partial charge in [-0.15, -0.1) is 0 Å². The molecule has 4 aromatic rings. The molecule has 1 amide bonds. The first kappa shape index (κ1) is 23.4. The average molecular weight is 487 g/mol. The van der Waals surface area contributed by atoms with E-state index in [1.807, 2.05) is 30.3 Å². The van der Waals surface area contributed by atoms with Gasteiger partial charge in [0.1, 0.15) is 30.3 Å². The van der Waals surface area contributed by atoms with Crippen LogP contribution in [0.5, 0.6) is 5.75 Å². The Morgan fingerprint density at radius 2 is 1.86 bits per heavy atom. The van der Waals surface area contributed by atoms with Crippen molar-refractivity contribution >= 4 is 17.4 Å². The number of benzene rings is 3. The molecule has 1 heterocycles. The van der Waals surface area contributed by atoms with Gasteiger partial charge in [-0.1, -0.05) is 36.4 Å². The molecule has 0 atom stereocenters. The van der Waals surface area contributed by atoms with Crippen LogP contribution in [0.1, 0.15) is 45.8 Å². The number of nitrogens with one attached hydrogen (secondary N) is 1. The molecule has 0 spiro atoms. The minimum Gasteiger partial charge on any atom is -0.483 e. The minimum absolute atomic E-state index is 0.100. The Hall–Kier alpha value is -4.33. The van der Waals surface area contributed by atoms with Crippen LogP contribution < -0.4 is 15.8 Å². The Kier molecular flexibility index (Phi) is 6.33. The Balaban J connectivity index is 1.45. The second-order valence-electron chi connectivity index (χ2n) is 8.80. The maximum Gasteiger partial charge on any atom is 0.258 e. The zero-order valence-electron chi connectivity index (χ0n) is 19.6. The monoisotopic (exact) mass is 486 g/mol. The SMILES string of the molecule is Cc1c(NC(=O)c2ccc(C3CC3)cc2F)cc(F)cc1-c1ncnc(N)c1OCc1ccccc1. The Morgan fingerprint density at radius 3 is 2.58 bits per heavy atom. The second kappa shape index (κ2) is 9.73. The highest BCUT2D eigenvalue weighted by Gasteiger charge is 2.25. The van der Waals surface area contributed by atoms with Crippen molar-refractivity contribution in [2.75, 3.05) is 11.1 Å². The van der Waals surface area contributed by atoms with Crippen molar-refractivity contribution in [1.82, 2.24) is 9.97 Å². The van der Waals surface area contributed by atoms with Crippen molar-refractivity contribution < 1.29 is 18.3 Å². The quantitative estimate of drug-likeness (QED) is 0.333. The van der Waals surface area contributed by atoms with E-state index in [2.05, 4.69) is 15.3 Å². The van der Waals surface area contributed by atoms with Crippen LogP contribution in [-0.2, 0) is 6.61 Å². The van der Waals surface area contributed by atoms with Gasteiger partial charge in [0.25, 0.3) is 5.91 Å². The van der Waals surface area contributed by atoms with Crippen LogP contribution in [-0.4, -0.2) is 15.9 Å². The lowest BCUT2D eigenvalue weighted by molar-refractivity contribution is 0.102. The van der Waals surface area contributed by atoms with Gasteiger partial charge < -0.3 is 15.8 Å². The van der Waals surface area contributed by atoms with Gasteiger partial charge in [0.15, 0.2) is 11.6 Å². The summed E-state index contributed by atoms with van der Waals surface area (Å²) >= 11 is 0. The van der Waals surface area contributed by atoms with Gasteiger partial charge in [-0.2, -0.15) is 0 Å². The van der Waals surface area contributed by atoms with E-state index in [-0.39, 0.29) is 35.1 Å². The van der Waals surface area contributed by atoms with Gasteiger partial charge in [-0.25, -0.2) is 18.7 Å². The fraction of sp³-hybridized carbons (Fsp3) is 0.179. The molecule has 5 rings (SSSR count). The highest BCUT2D eigenvalue weighted by molar-refractivity contribution is 6.05. The summed E-state index contributed by atoms with van der Waals surface area (Å²) in [4.78, 5) is 21.2. The van der Waals surface area contributed by atoms with Crippen molar-refractivity contribution in [2.45, 2.75) is 32.3 Å². The standard InChI is InChI=1S/C28H24F2N4O2/c1-16-22(25-26(27(31)33-15-32-25)36-14-17-5-3-2-4-6-17)12-20(29)13-24(16)34-28(35)21-10-9-19(11-23(21)30)18-7-8-18/h2-6,9-13,15,18H,7-8,14H2,1H3,(H,34,35)(H2,31,32,33). The number of aromatic nitrogens is 2. The average Bonchev–Trinajstić information content (AvgIpc) is 3.71. The molecule has 1 aliphatic rings. The molecule has 0 aliphatic heterocycles. The first-order valence-electron chi connectivity index (χ1n) is 11.6. The van der Waals surface area contributed by atoms with Crippen molar-refractivity contribution in [2.24, 2.45) is 0 Å². The van der Waals surface area contributed by atoms with E-state index in [4.69, 9.17) is 10.5 Å². The molecule has 1 aliphatic carbocycles. The number of hydrogen-bond acceptors (Lipinski definition) is 5. The zero-order chi connectivity index (χ0) is 25.2. The molecule has 36 heavy (non-hydrogen) atoms. The lowest BCUT2D eigenvalue weighted by Gasteiger charge is -2.17. The van der Waals surface area contributed by atoms with Gasteiger partial charge in [0, 0.05) is 11.3 Å². The summed E-state index contributed by atoms with van der Waals surface area (Å²) < 4.78 is 35.3. The first-order chi connectivity index (χ1) is 17.4. The predicted molar refractivity (Wildman–Crippen MR) is 134 cm³/mol. The van der Waals surface area contributed by atoms with E-state index in [0.29, 0.717) is 17.0 Å². The van der Waals surface area contributed by atoms with Crippen molar-refractivity contribution in [1.29, 1.82) is 0 Å². The van der Waals surface area contributed by atoms with Crippen LogP contribution >= 0.6 is 0 Å². The van der Waals surface area contributed by atoms with Gasteiger partial charge in [0.2, 0.25) is 0 Å². The van der Waals surface area contributed by atoms with Gasteiger partial charge in [0.05, 0.1) is 5.56 Å². The lowest BCUT2D eigenvalue weighted by Crippen LogP contribution is -2.15. The summed E-state index contributed by atoms with van der Waals surface area (Å²) in [5.74, 6) is -1.22. The largest absolute Gasteiger partial charge is 0.483 e. The minimum atomic E-state index is -0.669. The third kappa shape index (κ3) is 4.88. The van der Waals surface area contributed by atoms with Crippen molar-refractivity contribution in [3.05, 3.63) is 101 Å². The number of hydrogen-bond donors (Lipinski definition) is 2. The number of amides is 1. The lowest BCUT2D eigenvalue weighted by atomic mass is 10.0. The maximum absolute atomic E-state index is 14.7. The van der Waals surface area contributed by atoms with E-state index in [9.17, 15) is 13.6 Å². The molecule has 0 bridgehead atoms. The molecule has 182 valence electrons. The van der Waals surface area contributed by atoms with Crippen LogP contribution in [0.4, 0.5) is 20.3 Å². The van der Waals surface area contributed by atoms with Gasteiger partial charge >= 0.3 is 0 Å². The number of rotatable bonds is 7. The summed E-state index contributed by atoms with van der Waals surface area (Å²) in [5.41, 5.74) is 9.12. The highest BCUT2D eigenvalue weighted by atomic mass is 19.1. The van der Waals surface area contributed by atoms with E-state index < -0.39 is 17.5 Å². The van der Waals surface area contributed by atoms with Gasteiger partial charge in [-0.05, 0) is 66.6 Å². The summed E-state index contributed by atoms with van der Waals surface area (Å²) in [6.45, 7) is 1.91. The first-order valence-corrected chi connectivity index (χ1v) is 11.6. The van der Waals surface area contributed by atoms with E-state index >= 15 is 0 Å². The maximum atomic E-state index is 14.7. The molecule has 3 aromatic carbocycles. The molecule has 0 radical (unpaired) electrons. The Labute approximate surface area is 207 Å². The second-order valence-corrected chi connectivity index (χ2v) is 8.80. The fourth-order valence-electron chi connectivity index (χ4n) is 4.08. The van der Waals surface area contributed by atoms with E-state index in [1.165, 1.54) is 30.6 Å². The van der Waals surface area contributed by atoms with Crippen LogP contribution in [0, 0.1) is 18.6 Å². The molecular formula is C28H24F2N4O2. The van der Waals surface area contributed by atoms with Crippen molar-refractivity contribution in [3.8, 4) is 17.0 Å². The third-order valence-electron chi connectivity index (χ3n) is 6.22. The van der Waals surface area contributed by atoms with Crippen LogP contribution in [0.15, 0.2) is 67.0 Å². The number of nitrogens with two attached hydrogens (primary N) is 1. The van der Waals surface area contributed by atoms with Crippen LogP contribution in [0.3, 0.4) is 0 Å². The number of ether oxygens (including phenoxy) is 1. The molecule has 3 N–H and O–H groups in total. The number of halogens is 2. The summed E-state index contributed by atoms with van der Waals surface area (Å²) in [5, 5.41) is 2.64. The van der Waals surface area contributed by atoms with E-state index in [0.717, 1.165) is 24.0 Å². The molecule has 1 fully saturated rings. The van der Waals surface area contributed by atoms with Gasteiger partial charge in [-0.3, -0.25) is 4.79 Å².